The van der Waals surface area contributed by atoms with Crippen molar-refractivity contribution in [3.63, 3.8) is 0 Å². The molecule has 0 aliphatic carbocycles. The molecule has 7 nitrogen and oxygen atoms in total. The molecular formula is C22H23N5O2. The van der Waals surface area contributed by atoms with E-state index < -0.39 is 5.91 Å². The first-order chi connectivity index (χ1) is 13.9. The van der Waals surface area contributed by atoms with Crippen molar-refractivity contribution in [3.8, 4) is 17.5 Å². The molecule has 2 N–H and O–H groups in total. The molecule has 1 aromatic carbocycles. The highest BCUT2D eigenvalue weighted by atomic mass is 16.1. The number of carbonyl (C=O) groups excluding carboxylic acids is 2. The summed E-state index contributed by atoms with van der Waals surface area (Å²) in [6, 6.07) is 11.1. The number of aromatic nitrogens is 3. The normalized spacial score (nSPS) is 12.7. The molecule has 0 saturated heterocycles. The average molecular weight is 389 g/mol. The molecule has 3 rings (SSSR count). The number of rotatable bonds is 6. The van der Waals surface area contributed by atoms with Crippen molar-refractivity contribution < 1.29 is 9.59 Å². The number of hydrogen-bond donors (Lipinski definition) is 1. The quantitative estimate of drug-likeness (QED) is 0.517. The lowest BCUT2D eigenvalue weighted by atomic mass is 9.96. The summed E-state index contributed by atoms with van der Waals surface area (Å²) < 4.78 is 1.60. The van der Waals surface area contributed by atoms with Crippen LogP contribution >= 0.6 is 0 Å². The smallest absolute Gasteiger partial charge is 0.269 e. The minimum Gasteiger partial charge on any atom is -0.364 e. The fourth-order valence-electron chi connectivity index (χ4n) is 3.02. The Kier molecular flexibility index (Phi) is 5.93. The van der Waals surface area contributed by atoms with Crippen molar-refractivity contribution in [2.24, 2.45) is 17.6 Å². The van der Waals surface area contributed by atoms with Gasteiger partial charge in [0, 0.05) is 31.3 Å². The van der Waals surface area contributed by atoms with E-state index in [1.54, 1.807) is 35.0 Å². The van der Waals surface area contributed by atoms with Crippen molar-refractivity contribution in [1.82, 2.24) is 19.7 Å². The van der Waals surface area contributed by atoms with Crippen molar-refractivity contribution in [1.29, 1.82) is 0 Å². The fourth-order valence-corrected chi connectivity index (χ4v) is 3.02. The maximum atomic E-state index is 11.7. The highest BCUT2D eigenvalue weighted by molar-refractivity contribution is 6.03. The molecule has 2 atom stereocenters. The first kappa shape index (κ1) is 20.1. The molecule has 2 amide bonds. The van der Waals surface area contributed by atoms with Crippen molar-refractivity contribution in [2.45, 2.75) is 13.8 Å². The Balaban J connectivity index is 1.91. The highest BCUT2D eigenvalue weighted by Gasteiger charge is 2.16. The molecule has 2 heterocycles. The SMILES string of the molecule is CC(C#Cc1cccc(-n2nc(C(N)=O)c3cccnc32)c1)C(C)CN(C)C=O. The van der Waals surface area contributed by atoms with Crippen LogP contribution in [0.25, 0.3) is 16.7 Å². The van der Waals surface area contributed by atoms with Crippen molar-refractivity contribution >= 4 is 23.4 Å². The Morgan fingerprint density at radius 1 is 1.31 bits per heavy atom. The molecule has 0 spiro atoms. The van der Waals surface area contributed by atoms with E-state index in [4.69, 9.17) is 5.73 Å². The van der Waals surface area contributed by atoms with Crippen LogP contribution in [0.4, 0.5) is 0 Å². The van der Waals surface area contributed by atoms with Crippen LogP contribution in [-0.2, 0) is 4.79 Å². The van der Waals surface area contributed by atoms with Gasteiger partial charge in [-0.2, -0.15) is 5.10 Å². The fraction of sp³-hybridized carbons (Fsp3) is 0.273. The largest absolute Gasteiger partial charge is 0.364 e. The summed E-state index contributed by atoms with van der Waals surface area (Å²) in [5.74, 6) is 6.22. The van der Waals surface area contributed by atoms with E-state index in [1.165, 1.54) is 0 Å². The van der Waals surface area contributed by atoms with Crippen LogP contribution in [0, 0.1) is 23.7 Å². The number of fused-ring (bicyclic) bond motifs is 1. The standard InChI is InChI=1S/C22H23N5O2/c1-15(16(2)13-26(3)14-28)9-10-17-6-4-7-18(12-17)27-22-19(8-5-11-24-22)20(25-27)21(23)29/h4-8,11-12,14-16H,13H2,1-3H3,(H2,23,29). The molecule has 2 unspecified atom stereocenters. The number of hydrogen-bond acceptors (Lipinski definition) is 4. The first-order valence-electron chi connectivity index (χ1n) is 9.31. The van der Waals surface area contributed by atoms with E-state index in [0.29, 0.717) is 17.6 Å². The summed E-state index contributed by atoms with van der Waals surface area (Å²) in [6.07, 6.45) is 2.47. The van der Waals surface area contributed by atoms with Crippen LogP contribution in [0.3, 0.4) is 0 Å². The molecule has 148 valence electrons. The zero-order chi connectivity index (χ0) is 21.0. The summed E-state index contributed by atoms with van der Waals surface area (Å²) in [6.45, 7) is 4.77. The first-order valence-corrected chi connectivity index (χ1v) is 9.31. The Labute approximate surface area is 169 Å². The Morgan fingerprint density at radius 2 is 2.10 bits per heavy atom. The van der Waals surface area contributed by atoms with Crippen LogP contribution in [-0.4, -0.2) is 45.6 Å². The van der Waals surface area contributed by atoms with Gasteiger partial charge in [0.2, 0.25) is 6.41 Å². The summed E-state index contributed by atoms with van der Waals surface area (Å²) in [5.41, 5.74) is 7.78. The Morgan fingerprint density at radius 3 is 2.83 bits per heavy atom. The summed E-state index contributed by atoms with van der Waals surface area (Å²) in [4.78, 5) is 28.5. The number of primary amides is 1. The topological polar surface area (TPSA) is 94.1 Å². The average Bonchev–Trinajstić information content (AvgIpc) is 3.12. The second kappa shape index (κ2) is 8.57. The van der Waals surface area contributed by atoms with Gasteiger partial charge in [0.25, 0.3) is 5.91 Å². The van der Waals surface area contributed by atoms with Crippen LogP contribution in [0.2, 0.25) is 0 Å². The van der Waals surface area contributed by atoms with Gasteiger partial charge in [-0.1, -0.05) is 31.8 Å². The molecule has 3 aromatic rings. The number of nitrogens with two attached hydrogens (primary N) is 1. The molecule has 0 aliphatic rings. The molecule has 0 saturated carbocycles. The predicted octanol–water partition coefficient (Wildman–Crippen LogP) is 2.23. The minimum atomic E-state index is -0.596. The maximum absolute atomic E-state index is 11.7. The van der Waals surface area contributed by atoms with Crippen molar-refractivity contribution in [2.75, 3.05) is 13.6 Å². The van der Waals surface area contributed by atoms with Gasteiger partial charge >= 0.3 is 0 Å². The molecule has 0 fully saturated rings. The van der Waals surface area contributed by atoms with Gasteiger partial charge in [0.05, 0.1) is 11.1 Å². The van der Waals surface area contributed by atoms with Gasteiger partial charge in [0.1, 0.15) is 0 Å². The van der Waals surface area contributed by atoms with E-state index in [-0.39, 0.29) is 17.5 Å². The maximum Gasteiger partial charge on any atom is 0.269 e. The molecule has 0 bridgehead atoms. The summed E-state index contributed by atoms with van der Waals surface area (Å²) >= 11 is 0. The number of carbonyl (C=O) groups is 2. The molecule has 0 radical (unpaired) electrons. The predicted molar refractivity (Wildman–Crippen MR) is 111 cm³/mol. The van der Waals surface area contributed by atoms with E-state index in [0.717, 1.165) is 17.7 Å². The van der Waals surface area contributed by atoms with E-state index in [2.05, 4.69) is 28.8 Å². The van der Waals surface area contributed by atoms with Crippen LogP contribution < -0.4 is 5.73 Å². The monoisotopic (exact) mass is 389 g/mol. The number of benzene rings is 1. The number of pyridine rings is 1. The van der Waals surface area contributed by atoms with Gasteiger partial charge < -0.3 is 10.6 Å². The highest BCUT2D eigenvalue weighted by Crippen LogP contribution is 2.20. The van der Waals surface area contributed by atoms with Crippen LogP contribution in [0.5, 0.6) is 0 Å². The van der Waals surface area contributed by atoms with Gasteiger partial charge in [-0.25, -0.2) is 9.67 Å². The number of amides is 2. The summed E-state index contributed by atoms with van der Waals surface area (Å²) in [5, 5.41) is 4.97. The molecule has 29 heavy (non-hydrogen) atoms. The lowest BCUT2D eigenvalue weighted by Crippen LogP contribution is -2.25. The van der Waals surface area contributed by atoms with E-state index in [9.17, 15) is 9.59 Å². The van der Waals surface area contributed by atoms with Crippen molar-refractivity contribution in [3.05, 3.63) is 53.9 Å². The summed E-state index contributed by atoms with van der Waals surface area (Å²) in [7, 11) is 1.76. The molecule has 7 heteroatoms. The third kappa shape index (κ3) is 4.43. The van der Waals surface area contributed by atoms with Gasteiger partial charge in [-0.15, -0.1) is 0 Å². The Bertz CT molecular complexity index is 1110. The van der Waals surface area contributed by atoms with Gasteiger partial charge in [0.15, 0.2) is 11.3 Å². The zero-order valence-electron chi connectivity index (χ0n) is 16.7. The lowest BCUT2D eigenvalue weighted by molar-refractivity contribution is -0.117. The second-order valence-electron chi connectivity index (χ2n) is 7.13. The second-order valence-corrected chi connectivity index (χ2v) is 7.13. The lowest BCUT2D eigenvalue weighted by Gasteiger charge is -2.19. The third-order valence-electron chi connectivity index (χ3n) is 4.82. The van der Waals surface area contributed by atoms with E-state index >= 15 is 0 Å². The number of nitrogens with zero attached hydrogens (tertiary/aromatic N) is 4. The van der Waals surface area contributed by atoms with Crippen LogP contribution in [0.15, 0.2) is 42.6 Å². The van der Waals surface area contributed by atoms with E-state index in [1.807, 2.05) is 31.2 Å². The van der Waals surface area contributed by atoms with Gasteiger partial charge in [-0.05, 0) is 36.2 Å². The zero-order valence-corrected chi connectivity index (χ0v) is 16.7. The molecule has 0 aliphatic heterocycles. The third-order valence-corrected chi connectivity index (χ3v) is 4.82. The molecular weight excluding hydrogens is 366 g/mol. The molecule has 2 aromatic heterocycles. The van der Waals surface area contributed by atoms with Gasteiger partial charge in [-0.3, -0.25) is 9.59 Å². The van der Waals surface area contributed by atoms with Crippen LogP contribution in [0.1, 0.15) is 29.9 Å². The minimum absolute atomic E-state index is 0.120. The Hall–Kier alpha value is -3.66.